The zero-order valence-corrected chi connectivity index (χ0v) is 15.1. The number of hydrogen-bond donors (Lipinski definition) is 2. The van der Waals surface area contributed by atoms with Gasteiger partial charge in [0, 0.05) is 29.3 Å². The predicted molar refractivity (Wildman–Crippen MR) is 93.1 cm³/mol. The fourth-order valence-corrected chi connectivity index (χ4v) is 1.82. The summed E-state index contributed by atoms with van der Waals surface area (Å²) in [6.07, 6.45) is 0. The van der Waals surface area contributed by atoms with Gasteiger partial charge in [0.25, 0.3) is 5.91 Å². The van der Waals surface area contributed by atoms with Crippen LogP contribution in [0.3, 0.4) is 0 Å². The maximum Gasteiger partial charge on any atom is 0.253 e. The molecule has 3 N–H and O–H groups in total. The van der Waals surface area contributed by atoms with E-state index in [9.17, 15) is 4.79 Å². The van der Waals surface area contributed by atoms with Gasteiger partial charge in [-0.1, -0.05) is 15.9 Å². The highest BCUT2D eigenvalue weighted by Crippen LogP contribution is 2.18. The summed E-state index contributed by atoms with van der Waals surface area (Å²) < 4.78 is 0.871. The molecule has 0 aliphatic heterocycles. The number of anilines is 1. The SMILES string of the molecule is CC(C)N(C)CCNC(=O)c1ccc(Br)cc1N.Cl.Cl. The summed E-state index contributed by atoms with van der Waals surface area (Å²) in [4.78, 5) is 14.1. The van der Waals surface area contributed by atoms with Gasteiger partial charge in [-0.25, -0.2) is 0 Å². The van der Waals surface area contributed by atoms with Crippen molar-refractivity contribution in [2.45, 2.75) is 19.9 Å². The van der Waals surface area contributed by atoms with Crippen LogP contribution in [-0.4, -0.2) is 37.0 Å². The molecule has 0 aliphatic carbocycles. The minimum Gasteiger partial charge on any atom is -0.398 e. The molecular weight excluding hydrogens is 365 g/mol. The molecule has 0 atom stereocenters. The van der Waals surface area contributed by atoms with E-state index in [4.69, 9.17) is 5.73 Å². The monoisotopic (exact) mass is 385 g/mol. The quantitative estimate of drug-likeness (QED) is 0.764. The number of nitrogens with one attached hydrogen (secondary N) is 1. The molecule has 0 spiro atoms. The fraction of sp³-hybridized carbons (Fsp3) is 0.462. The molecule has 1 aromatic rings. The zero-order chi connectivity index (χ0) is 13.7. The molecule has 0 radical (unpaired) electrons. The van der Waals surface area contributed by atoms with Crippen LogP contribution in [0.5, 0.6) is 0 Å². The normalized spacial score (nSPS) is 9.90. The van der Waals surface area contributed by atoms with E-state index >= 15 is 0 Å². The summed E-state index contributed by atoms with van der Waals surface area (Å²) in [7, 11) is 2.03. The maximum absolute atomic E-state index is 11.9. The van der Waals surface area contributed by atoms with Gasteiger partial charge in [-0.3, -0.25) is 4.79 Å². The van der Waals surface area contributed by atoms with Crippen molar-refractivity contribution in [3.63, 3.8) is 0 Å². The van der Waals surface area contributed by atoms with E-state index < -0.39 is 0 Å². The number of halogens is 3. The van der Waals surface area contributed by atoms with Gasteiger partial charge in [0.05, 0.1) is 5.56 Å². The number of hydrogen-bond acceptors (Lipinski definition) is 3. The van der Waals surface area contributed by atoms with Crippen LogP contribution in [0.1, 0.15) is 24.2 Å². The van der Waals surface area contributed by atoms with Crippen molar-refractivity contribution in [2.75, 3.05) is 25.9 Å². The van der Waals surface area contributed by atoms with E-state index in [1.54, 1.807) is 12.1 Å². The number of carbonyl (C=O) groups is 1. The molecule has 116 valence electrons. The van der Waals surface area contributed by atoms with Crippen LogP contribution in [0.4, 0.5) is 5.69 Å². The van der Waals surface area contributed by atoms with Gasteiger partial charge in [-0.15, -0.1) is 24.8 Å². The van der Waals surface area contributed by atoms with Crippen LogP contribution in [-0.2, 0) is 0 Å². The predicted octanol–water partition coefficient (Wildman–Crippen LogP) is 2.94. The Morgan fingerprint density at radius 3 is 2.50 bits per heavy atom. The van der Waals surface area contributed by atoms with Gasteiger partial charge in [0.1, 0.15) is 0 Å². The van der Waals surface area contributed by atoms with Crippen molar-refractivity contribution < 1.29 is 4.79 Å². The Hall–Kier alpha value is -0.490. The van der Waals surface area contributed by atoms with E-state index in [-0.39, 0.29) is 30.7 Å². The number of benzene rings is 1. The number of likely N-dealkylation sites (N-methyl/N-ethyl adjacent to an activating group) is 1. The van der Waals surface area contributed by atoms with E-state index in [2.05, 4.69) is 40.0 Å². The summed E-state index contributed by atoms with van der Waals surface area (Å²) in [6.45, 7) is 5.67. The highest BCUT2D eigenvalue weighted by Gasteiger charge is 2.10. The second-order valence-corrected chi connectivity index (χ2v) is 5.48. The molecule has 1 rings (SSSR count). The Morgan fingerprint density at radius 1 is 1.40 bits per heavy atom. The lowest BCUT2D eigenvalue weighted by molar-refractivity contribution is 0.0949. The summed E-state index contributed by atoms with van der Waals surface area (Å²) in [5, 5.41) is 2.87. The first kappa shape index (κ1) is 21.8. The smallest absolute Gasteiger partial charge is 0.253 e. The Balaban J connectivity index is 0. The Labute approximate surface area is 141 Å². The molecule has 0 unspecified atom stereocenters. The summed E-state index contributed by atoms with van der Waals surface area (Å²) >= 11 is 3.31. The van der Waals surface area contributed by atoms with Crippen LogP contribution >= 0.6 is 40.7 Å². The van der Waals surface area contributed by atoms with Crippen molar-refractivity contribution in [1.29, 1.82) is 0 Å². The van der Waals surface area contributed by atoms with Crippen molar-refractivity contribution in [2.24, 2.45) is 0 Å². The summed E-state index contributed by atoms with van der Waals surface area (Å²) in [5.74, 6) is -0.128. The van der Waals surface area contributed by atoms with Gasteiger partial charge >= 0.3 is 0 Å². The molecular formula is C13H22BrCl2N3O. The largest absolute Gasteiger partial charge is 0.398 e. The average Bonchev–Trinajstić information content (AvgIpc) is 2.28. The first-order valence-corrected chi connectivity index (χ1v) is 6.74. The Kier molecular flexibility index (Phi) is 11.2. The Bertz CT molecular complexity index is 430. The second kappa shape index (κ2) is 10.3. The number of nitrogens with two attached hydrogens (primary N) is 1. The first-order chi connectivity index (χ1) is 8.41. The van der Waals surface area contributed by atoms with Crippen LogP contribution in [0.2, 0.25) is 0 Å². The summed E-state index contributed by atoms with van der Waals surface area (Å²) in [5.41, 5.74) is 6.80. The fourth-order valence-electron chi connectivity index (χ4n) is 1.44. The van der Waals surface area contributed by atoms with E-state index in [0.717, 1.165) is 11.0 Å². The molecule has 1 aromatic carbocycles. The number of rotatable bonds is 5. The molecule has 7 heteroatoms. The molecule has 0 heterocycles. The third-order valence-corrected chi connectivity index (χ3v) is 3.38. The van der Waals surface area contributed by atoms with E-state index in [1.807, 2.05) is 13.1 Å². The molecule has 0 bridgehead atoms. The number of nitrogen functional groups attached to an aromatic ring is 1. The van der Waals surface area contributed by atoms with Crippen molar-refractivity contribution in [3.8, 4) is 0 Å². The van der Waals surface area contributed by atoms with Gasteiger partial charge in [-0.05, 0) is 39.1 Å². The van der Waals surface area contributed by atoms with Crippen LogP contribution < -0.4 is 11.1 Å². The number of nitrogens with zero attached hydrogens (tertiary/aromatic N) is 1. The topological polar surface area (TPSA) is 58.4 Å². The highest BCUT2D eigenvalue weighted by atomic mass is 79.9. The average molecular weight is 387 g/mol. The molecule has 0 aliphatic rings. The standard InChI is InChI=1S/C13H20BrN3O.2ClH/c1-9(2)17(3)7-6-16-13(18)11-5-4-10(14)8-12(11)15;;/h4-5,8-9H,6-7,15H2,1-3H3,(H,16,18);2*1H. The third-order valence-electron chi connectivity index (χ3n) is 2.89. The molecule has 0 saturated carbocycles. The van der Waals surface area contributed by atoms with Crippen LogP contribution in [0.25, 0.3) is 0 Å². The van der Waals surface area contributed by atoms with Crippen LogP contribution in [0, 0.1) is 0 Å². The molecule has 20 heavy (non-hydrogen) atoms. The molecule has 4 nitrogen and oxygen atoms in total. The lowest BCUT2D eigenvalue weighted by Crippen LogP contribution is -2.36. The molecule has 0 aromatic heterocycles. The minimum absolute atomic E-state index is 0. The molecule has 0 saturated heterocycles. The maximum atomic E-state index is 11.9. The van der Waals surface area contributed by atoms with E-state index in [1.165, 1.54) is 0 Å². The molecule has 1 amide bonds. The van der Waals surface area contributed by atoms with Gasteiger partial charge in [0.2, 0.25) is 0 Å². The van der Waals surface area contributed by atoms with Gasteiger partial charge in [0.15, 0.2) is 0 Å². The van der Waals surface area contributed by atoms with Crippen LogP contribution in [0.15, 0.2) is 22.7 Å². The highest BCUT2D eigenvalue weighted by molar-refractivity contribution is 9.10. The number of carbonyl (C=O) groups excluding carboxylic acids is 1. The first-order valence-electron chi connectivity index (χ1n) is 5.95. The van der Waals surface area contributed by atoms with Crippen molar-refractivity contribution >= 4 is 52.3 Å². The van der Waals surface area contributed by atoms with Gasteiger partial charge in [-0.2, -0.15) is 0 Å². The van der Waals surface area contributed by atoms with E-state index in [0.29, 0.717) is 23.8 Å². The lowest BCUT2D eigenvalue weighted by atomic mass is 10.1. The molecule has 0 fully saturated rings. The van der Waals surface area contributed by atoms with Crippen molar-refractivity contribution in [3.05, 3.63) is 28.2 Å². The minimum atomic E-state index is -0.128. The lowest BCUT2D eigenvalue weighted by Gasteiger charge is -2.21. The second-order valence-electron chi connectivity index (χ2n) is 4.56. The van der Waals surface area contributed by atoms with Gasteiger partial charge < -0.3 is 16.0 Å². The van der Waals surface area contributed by atoms with Crippen molar-refractivity contribution in [1.82, 2.24) is 10.2 Å². The Morgan fingerprint density at radius 2 is 2.00 bits per heavy atom. The number of amides is 1. The summed E-state index contributed by atoms with van der Waals surface area (Å²) in [6, 6.07) is 5.74. The third kappa shape index (κ3) is 6.79. The zero-order valence-electron chi connectivity index (χ0n) is 11.9.